The van der Waals surface area contributed by atoms with Crippen molar-refractivity contribution in [1.29, 1.82) is 0 Å². The van der Waals surface area contributed by atoms with Crippen LogP contribution in [-0.2, 0) is 11.3 Å². The molecule has 0 spiro atoms. The summed E-state index contributed by atoms with van der Waals surface area (Å²) in [5.41, 5.74) is 1.19. The minimum absolute atomic E-state index is 0.00280. The molecule has 1 fully saturated rings. The van der Waals surface area contributed by atoms with Crippen molar-refractivity contribution in [1.82, 2.24) is 15.2 Å². The van der Waals surface area contributed by atoms with Gasteiger partial charge in [-0.05, 0) is 30.5 Å². The van der Waals surface area contributed by atoms with E-state index in [9.17, 15) is 14.4 Å². The van der Waals surface area contributed by atoms with Gasteiger partial charge in [-0.2, -0.15) is 0 Å². The van der Waals surface area contributed by atoms with E-state index in [4.69, 9.17) is 5.11 Å². The molecule has 7 nitrogen and oxygen atoms in total. The van der Waals surface area contributed by atoms with Gasteiger partial charge >= 0.3 is 5.97 Å². The van der Waals surface area contributed by atoms with E-state index in [1.165, 1.54) is 18.3 Å². The molecule has 1 aliphatic rings. The molecule has 2 heterocycles. The number of pyridine rings is 1. The van der Waals surface area contributed by atoms with Gasteiger partial charge in [-0.3, -0.25) is 9.59 Å². The van der Waals surface area contributed by atoms with Gasteiger partial charge in [-0.15, -0.1) is 0 Å². The number of hydrogen-bond acceptors (Lipinski definition) is 4. The van der Waals surface area contributed by atoms with Crippen molar-refractivity contribution in [3.8, 4) is 0 Å². The molecule has 2 aromatic rings. The summed E-state index contributed by atoms with van der Waals surface area (Å²) < 4.78 is 0. The van der Waals surface area contributed by atoms with Crippen molar-refractivity contribution in [2.24, 2.45) is 5.92 Å². The van der Waals surface area contributed by atoms with Gasteiger partial charge in [0.15, 0.2) is 0 Å². The number of aromatic nitrogens is 1. The largest absolute Gasteiger partial charge is 0.477 e. The van der Waals surface area contributed by atoms with Crippen molar-refractivity contribution >= 4 is 17.8 Å². The third kappa shape index (κ3) is 4.69. The molecule has 2 N–H and O–H groups in total. The SMILES string of the molecule is O=C(O)c1cc(C(=O)N2CCC(C(=O)NCc3ccccc3)CC2)ccn1. The van der Waals surface area contributed by atoms with E-state index >= 15 is 0 Å². The van der Waals surface area contributed by atoms with Crippen molar-refractivity contribution in [2.75, 3.05) is 13.1 Å². The van der Waals surface area contributed by atoms with Crippen molar-refractivity contribution < 1.29 is 19.5 Å². The van der Waals surface area contributed by atoms with Crippen LogP contribution in [0.5, 0.6) is 0 Å². The smallest absolute Gasteiger partial charge is 0.354 e. The molecule has 2 amide bonds. The molecule has 7 heteroatoms. The van der Waals surface area contributed by atoms with Gasteiger partial charge in [-0.1, -0.05) is 30.3 Å². The van der Waals surface area contributed by atoms with E-state index in [0.29, 0.717) is 38.0 Å². The second-order valence-corrected chi connectivity index (χ2v) is 6.50. The molecule has 1 aromatic heterocycles. The molecule has 3 rings (SSSR count). The van der Waals surface area contributed by atoms with Crippen LogP contribution >= 0.6 is 0 Å². The molecule has 140 valence electrons. The highest BCUT2D eigenvalue weighted by atomic mass is 16.4. The summed E-state index contributed by atoms with van der Waals surface area (Å²) in [6.07, 6.45) is 2.49. The highest BCUT2D eigenvalue weighted by Crippen LogP contribution is 2.19. The van der Waals surface area contributed by atoms with Crippen LogP contribution in [0.2, 0.25) is 0 Å². The van der Waals surface area contributed by atoms with Gasteiger partial charge < -0.3 is 15.3 Å². The fraction of sp³-hybridized carbons (Fsp3) is 0.300. The van der Waals surface area contributed by atoms with Crippen LogP contribution in [0.3, 0.4) is 0 Å². The number of amides is 2. The zero-order valence-corrected chi connectivity index (χ0v) is 14.8. The Bertz CT molecular complexity index is 830. The summed E-state index contributed by atoms with van der Waals surface area (Å²) in [6.45, 7) is 1.42. The zero-order chi connectivity index (χ0) is 19.2. The lowest BCUT2D eigenvalue weighted by Crippen LogP contribution is -2.43. The van der Waals surface area contributed by atoms with E-state index in [0.717, 1.165) is 5.56 Å². The summed E-state index contributed by atoms with van der Waals surface area (Å²) in [4.78, 5) is 41.3. The third-order valence-corrected chi connectivity index (χ3v) is 4.69. The Morgan fingerprint density at radius 2 is 1.81 bits per heavy atom. The second kappa shape index (κ2) is 8.44. The molecule has 0 aliphatic carbocycles. The number of benzene rings is 1. The first-order chi connectivity index (χ1) is 13.0. The third-order valence-electron chi connectivity index (χ3n) is 4.69. The number of piperidine rings is 1. The highest BCUT2D eigenvalue weighted by molar-refractivity contribution is 5.96. The maximum atomic E-state index is 12.6. The monoisotopic (exact) mass is 367 g/mol. The van der Waals surface area contributed by atoms with Gasteiger partial charge in [0.2, 0.25) is 5.91 Å². The van der Waals surface area contributed by atoms with Crippen LogP contribution in [-0.4, -0.2) is 45.9 Å². The standard InChI is InChI=1S/C20H21N3O4/c24-18(22-13-14-4-2-1-3-5-14)15-7-10-23(11-8-15)19(25)16-6-9-21-17(12-16)20(26)27/h1-6,9,12,15H,7-8,10-11,13H2,(H,22,24)(H,26,27). The summed E-state index contributed by atoms with van der Waals surface area (Å²) in [6, 6.07) is 12.5. The van der Waals surface area contributed by atoms with Gasteiger partial charge in [0.05, 0.1) is 0 Å². The molecular formula is C20H21N3O4. The lowest BCUT2D eigenvalue weighted by molar-refractivity contribution is -0.126. The summed E-state index contributed by atoms with van der Waals surface area (Å²) in [5, 5.41) is 11.9. The second-order valence-electron chi connectivity index (χ2n) is 6.50. The van der Waals surface area contributed by atoms with Crippen LogP contribution in [0.4, 0.5) is 0 Å². The Morgan fingerprint density at radius 1 is 1.11 bits per heavy atom. The first kappa shape index (κ1) is 18.6. The predicted octanol–water partition coefficient (Wildman–Crippen LogP) is 1.95. The molecule has 0 bridgehead atoms. The van der Waals surface area contributed by atoms with Crippen LogP contribution in [0, 0.1) is 5.92 Å². The van der Waals surface area contributed by atoms with E-state index in [-0.39, 0.29) is 23.4 Å². The quantitative estimate of drug-likeness (QED) is 0.841. The van der Waals surface area contributed by atoms with Gasteiger partial charge in [-0.25, -0.2) is 9.78 Å². The van der Waals surface area contributed by atoms with Crippen molar-refractivity contribution in [3.05, 3.63) is 65.5 Å². The minimum atomic E-state index is -1.17. The van der Waals surface area contributed by atoms with Crippen molar-refractivity contribution in [3.63, 3.8) is 0 Å². The number of carbonyl (C=O) groups is 3. The lowest BCUT2D eigenvalue weighted by Gasteiger charge is -2.31. The van der Waals surface area contributed by atoms with Crippen molar-refractivity contribution in [2.45, 2.75) is 19.4 Å². The molecule has 1 saturated heterocycles. The van der Waals surface area contributed by atoms with Crippen LogP contribution in [0.1, 0.15) is 39.3 Å². The van der Waals surface area contributed by atoms with Crippen LogP contribution < -0.4 is 5.32 Å². The number of nitrogens with one attached hydrogen (secondary N) is 1. The first-order valence-corrected chi connectivity index (χ1v) is 8.85. The molecule has 1 aromatic carbocycles. The Hall–Kier alpha value is -3.22. The molecule has 27 heavy (non-hydrogen) atoms. The van der Waals surface area contributed by atoms with E-state index in [1.807, 2.05) is 30.3 Å². The average Bonchev–Trinajstić information content (AvgIpc) is 2.72. The topological polar surface area (TPSA) is 99.6 Å². The number of likely N-dealkylation sites (tertiary alicyclic amines) is 1. The van der Waals surface area contributed by atoms with Crippen LogP contribution in [0.25, 0.3) is 0 Å². The normalized spacial score (nSPS) is 14.6. The Balaban J connectivity index is 1.52. The fourth-order valence-corrected chi connectivity index (χ4v) is 3.14. The zero-order valence-electron chi connectivity index (χ0n) is 14.8. The number of rotatable bonds is 5. The minimum Gasteiger partial charge on any atom is -0.477 e. The van der Waals surface area contributed by atoms with E-state index in [2.05, 4.69) is 10.3 Å². The predicted molar refractivity (Wildman–Crippen MR) is 98.1 cm³/mol. The van der Waals surface area contributed by atoms with Gasteiger partial charge in [0.1, 0.15) is 5.69 Å². The molecule has 0 radical (unpaired) electrons. The molecule has 0 atom stereocenters. The number of carbonyl (C=O) groups excluding carboxylic acids is 2. The maximum absolute atomic E-state index is 12.6. The molecule has 0 saturated carbocycles. The summed E-state index contributed by atoms with van der Waals surface area (Å²) in [5.74, 6) is -1.52. The lowest BCUT2D eigenvalue weighted by atomic mass is 9.95. The fourth-order valence-electron chi connectivity index (χ4n) is 3.14. The Labute approximate surface area is 157 Å². The van der Waals surface area contributed by atoms with Gasteiger partial charge in [0, 0.05) is 37.3 Å². The molecular weight excluding hydrogens is 346 g/mol. The maximum Gasteiger partial charge on any atom is 0.354 e. The Kier molecular flexibility index (Phi) is 5.80. The Morgan fingerprint density at radius 3 is 2.48 bits per heavy atom. The number of carboxylic acid groups (broad SMARTS) is 1. The van der Waals surface area contributed by atoms with E-state index in [1.54, 1.807) is 4.90 Å². The van der Waals surface area contributed by atoms with Crippen LogP contribution in [0.15, 0.2) is 48.7 Å². The first-order valence-electron chi connectivity index (χ1n) is 8.85. The number of hydrogen-bond donors (Lipinski definition) is 2. The summed E-state index contributed by atoms with van der Waals surface area (Å²) >= 11 is 0. The molecule has 0 unspecified atom stereocenters. The number of carboxylic acids is 1. The van der Waals surface area contributed by atoms with E-state index < -0.39 is 5.97 Å². The summed E-state index contributed by atoms with van der Waals surface area (Å²) in [7, 11) is 0. The number of aromatic carboxylic acids is 1. The average molecular weight is 367 g/mol. The number of nitrogens with zero attached hydrogens (tertiary/aromatic N) is 2. The van der Waals surface area contributed by atoms with Gasteiger partial charge in [0.25, 0.3) is 5.91 Å². The highest BCUT2D eigenvalue weighted by Gasteiger charge is 2.28. The molecule has 1 aliphatic heterocycles.